The molecule has 0 amide bonds. The Balaban J connectivity index is 2.31. The number of aryl methyl sites for hydroxylation is 1. The molecule has 0 unspecified atom stereocenters. The van der Waals surface area contributed by atoms with Crippen LogP contribution >= 0.6 is 0 Å². The number of rotatable bonds is 5. The van der Waals surface area contributed by atoms with E-state index in [0.29, 0.717) is 5.96 Å². The Morgan fingerprint density at radius 2 is 2.44 bits per heavy atom. The molecule has 1 heterocycles. The van der Waals surface area contributed by atoms with E-state index < -0.39 is 0 Å². The van der Waals surface area contributed by atoms with Crippen molar-refractivity contribution in [2.75, 3.05) is 13.1 Å². The molecule has 0 saturated heterocycles. The lowest BCUT2D eigenvalue weighted by molar-refractivity contribution is 0.732. The van der Waals surface area contributed by atoms with Gasteiger partial charge in [-0.25, -0.2) is 10.8 Å². The average molecular weight is 224 g/mol. The third-order valence-corrected chi connectivity index (χ3v) is 2.19. The van der Waals surface area contributed by atoms with Crippen molar-refractivity contribution in [2.24, 2.45) is 17.9 Å². The molecule has 1 aromatic heterocycles. The summed E-state index contributed by atoms with van der Waals surface area (Å²) in [4.78, 5) is 8.48. The maximum Gasteiger partial charge on any atom is 0.205 e. The molecule has 16 heavy (non-hydrogen) atoms. The van der Waals surface area contributed by atoms with Gasteiger partial charge in [-0.05, 0) is 6.42 Å². The van der Waals surface area contributed by atoms with E-state index in [1.54, 1.807) is 6.20 Å². The van der Waals surface area contributed by atoms with Crippen molar-refractivity contribution in [3.8, 4) is 0 Å². The van der Waals surface area contributed by atoms with Gasteiger partial charge in [-0.3, -0.25) is 10.4 Å². The molecule has 6 nitrogen and oxygen atoms in total. The lowest BCUT2D eigenvalue weighted by Gasteiger charge is -2.08. The van der Waals surface area contributed by atoms with Crippen LogP contribution in [0.25, 0.3) is 0 Å². The van der Waals surface area contributed by atoms with Crippen molar-refractivity contribution >= 4 is 5.96 Å². The summed E-state index contributed by atoms with van der Waals surface area (Å²) < 4.78 is 2.00. The minimum atomic E-state index is 0.635. The first-order chi connectivity index (χ1) is 7.77. The monoisotopic (exact) mass is 224 g/mol. The van der Waals surface area contributed by atoms with Gasteiger partial charge < -0.3 is 9.88 Å². The van der Waals surface area contributed by atoms with Crippen LogP contribution in [-0.2, 0) is 13.5 Å². The summed E-state index contributed by atoms with van der Waals surface area (Å²) in [5.74, 6) is 7.02. The van der Waals surface area contributed by atoms with Gasteiger partial charge in [-0.15, -0.1) is 0 Å². The summed E-state index contributed by atoms with van der Waals surface area (Å²) >= 11 is 0. The number of aromatic nitrogens is 2. The summed E-state index contributed by atoms with van der Waals surface area (Å²) in [5, 5.41) is 3.13. The first-order valence-corrected chi connectivity index (χ1v) is 5.49. The van der Waals surface area contributed by atoms with E-state index in [0.717, 1.165) is 31.8 Å². The second kappa shape index (κ2) is 6.84. The molecule has 90 valence electrons. The quantitative estimate of drug-likeness (QED) is 0.280. The van der Waals surface area contributed by atoms with Crippen LogP contribution in [0.4, 0.5) is 0 Å². The fraction of sp³-hybridized carbons (Fsp3) is 0.600. The van der Waals surface area contributed by atoms with E-state index in [-0.39, 0.29) is 0 Å². The van der Waals surface area contributed by atoms with Gasteiger partial charge in [0.2, 0.25) is 5.96 Å². The van der Waals surface area contributed by atoms with Crippen LogP contribution in [0.1, 0.15) is 19.2 Å². The molecule has 4 N–H and O–H groups in total. The maximum absolute atomic E-state index is 5.34. The molecule has 0 radical (unpaired) electrons. The number of hydrogen-bond acceptors (Lipinski definition) is 3. The lowest BCUT2D eigenvalue weighted by Crippen LogP contribution is -2.42. The van der Waals surface area contributed by atoms with Gasteiger partial charge in [0.05, 0.1) is 0 Å². The van der Waals surface area contributed by atoms with Crippen LogP contribution in [0.3, 0.4) is 0 Å². The Morgan fingerprint density at radius 1 is 1.62 bits per heavy atom. The number of aliphatic imine (C=N–C) groups is 1. The predicted octanol–water partition coefficient (Wildman–Crippen LogP) is -0.218. The van der Waals surface area contributed by atoms with E-state index >= 15 is 0 Å². The number of hydrazine groups is 1. The Kier molecular flexibility index (Phi) is 5.35. The van der Waals surface area contributed by atoms with E-state index in [9.17, 15) is 0 Å². The van der Waals surface area contributed by atoms with Crippen molar-refractivity contribution in [3.05, 3.63) is 18.2 Å². The first kappa shape index (κ1) is 12.5. The zero-order valence-corrected chi connectivity index (χ0v) is 9.90. The van der Waals surface area contributed by atoms with Crippen LogP contribution in [0.2, 0.25) is 0 Å². The molecule has 6 heteroatoms. The normalized spacial score (nSPS) is 11.6. The molecule has 0 atom stereocenters. The van der Waals surface area contributed by atoms with Crippen LogP contribution in [0.5, 0.6) is 0 Å². The third-order valence-electron chi connectivity index (χ3n) is 2.19. The highest BCUT2D eigenvalue weighted by atomic mass is 15.3. The topological polar surface area (TPSA) is 80.3 Å². The molecule has 0 aliphatic rings. The van der Waals surface area contributed by atoms with Crippen LogP contribution < -0.4 is 16.6 Å². The van der Waals surface area contributed by atoms with Crippen LogP contribution in [0.15, 0.2) is 17.4 Å². The van der Waals surface area contributed by atoms with Crippen molar-refractivity contribution in [3.63, 3.8) is 0 Å². The van der Waals surface area contributed by atoms with Gasteiger partial charge in [0.1, 0.15) is 5.82 Å². The summed E-state index contributed by atoms with van der Waals surface area (Å²) in [7, 11) is 1.98. The highest BCUT2D eigenvalue weighted by Crippen LogP contribution is 1.93. The summed E-state index contributed by atoms with van der Waals surface area (Å²) in [6.45, 7) is 3.61. The largest absolute Gasteiger partial charge is 0.355 e. The van der Waals surface area contributed by atoms with Gasteiger partial charge >= 0.3 is 0 Å². The smallest absolute Gasteiger partial charge is 0.205 e. The van der Waals surface area contributed by atoms with Crippen molar-refractivity contribution in [1.82, 2.24) is 20.3 Å². The number of hydrogen-bond donors (Lipinski definition) is 3. The number of nitrogens with zero attached hydrogens (tertiary/aromatic N) is 3. The Morgan fingerprint density at radius 3 is 3.00 bits per heavy atom. The SMILES string of the molecule is CCCN=C(NN)NCCc1nccn1C. The highest BCUT2D eigenvalue weighted by molar-refractivity contribution is 5.79. The molecule has 0 fully saturated rings. The van der Waals surface area contributed by atoms with Crippen molar-refractivity contribution in [1.29, 1.82) is 0 Å². The molecule has 0 aliphatic heterocycles. The van der Waals surface area contributed by atoms with Gasteiger partial charge in [0.25, 0.3) is 0 Å². The second-order valence-corrected chi connectivity index (χ2v) is 3.51. The Hall–Kier alpha value is -1.56. The minimum Gasteiger partial charge on any atom is -0.355 e. The van der Waals surface area contributed by atoms with E-state index in [2.05, 4.69) is 27.6 Å². The number of nitrogens with two attached hydrogens (primary N) is 1. The maximum atomic E-state index is 5.34. The molecule has 0 saturated carbocycles. The zero-order chi connectivity index (χ0) is 11.8. The van der Waals surface area contributed by atoms with Crippen molar-refractivity contribution < 1.29 is 0 Å². The van der Waals surface area contributed by atoms with Crippen LogP contribution in [-0.4, -0.2) is 28.6 Å². The zero-order valence-electron chi connectivity index (χ0n) is 9.90. The summed E-state index contributed by atoms with van der Waals surface area (Å²) in [6.07, 6.45) is 5.58. The van der Waals surface area contributed by atoms with E-state index in [1.165, 1.54) is 0 Å². The average Bonchev–Trinajstić information content (AvgIpc) is 2.69. The molecule has 1 aromatic rings. The van der Waals surface area contributed by atoms with Gasteiger partial charge in [-0.1, -0.05) is 6.92 Å². The van der Waals surface area contributed by atoms with Gasteiger partial charge in [-0.2, -0.15) is 0 Å². The van der Waals surface area contributed by atoms with E-state index in [1.807, 2.05) is 17.8 Å². The molecular formula is C10H20N6. The summed E-state index contributed by atoms with van der Waals surface area (Å²) in [5.41, 5.74) is 2.54. The Bertz CT molecular complexity index is 330. The van der Waals surface area contributed by atoms with Crippen molar-refractivity contribution in [2.45, 2.75) is 19.8 Å². The molecule has 0 spiro atoms. The number of guanidine groups is 1. The second-order valence-electron chi connectivity index (χ2n) is 3.51. The number of nitrogens with one attached hydrogen (secondary N) is 2. The fourth-order valence-corrected chi connectivity index (χ4v) is 1.31. The molecule has 0 bridgehead atoms. The Labute approximate surface area is 95.9 Å². The molecule has 0 aromatic carbocycles. The van der Waals surface area contributed by atoms with Gasteiger partial charge in [0, 0.05) is 39.0 Å². The first-order valence-electron chi connectivity index (χ1n) is 5.49. The number of imidazole rings is 1. The summed E-state index contributed by atoms with van der Waals surface area (Å²) in [6, 6.07) is 0. The molecule has 0 aliphatic carbocycles. The standard InChI is InChI=1S/C10H20N6/c1-3-5-13-10(15-11)14-6-4-9-12-7-8-16(9)2/h7-8H,3-6,11H2,1-2H3,(H2,13,14,15). The third kappa shape index (κ3) is 3.90. The minimum absolute atomic E-state index is 0.635. The predicted molar refractivity (Wildman–Crippen MR) is 64.8 cm³/mol. The highest BCUT2D eigenvalue weighted by Gasteiger charge is 1.99. The van der Waals surface area contributed by atoms with Crippen LogP contribution in [0, 0.1) is 0 Å². The molecular weight excluding hydrogens is 204 g/mol. The van der Waals surface area contributed by atoms with E-state index in [4.69, 9.17) is 5.84 Å². The molecule has 1 rings (SSSR count). The lowest BCUT2D eigenvalue weighted by atomic mass is 10.4. The fourth-order valence-electron chi connectivity index (χ4n) is 1.31. The van der Waals surface area contributed by atoms with Gasteiger partial charge in [0.15, 0.2) is 0 Å².